The first-order valence-corrected chi connectivity index (χ1v) is 10.2. The van der Waals surface area contributed by atoms with Crippen LogP contribution in [0.5, 0.6) is 0 Å². The summed E-state index contributed by atoms with van der Waals surface area (Å²) in [5, 5.41) is 2.36. The lowest BCUT2D eigenvalue weighted by Crippen LogP contribution is -2.52. The van der Waals surface area contributed by atoms with Crippen molar-refractivity contribution in [3.8, 4) is 0 Å². The fraction of sp³-hybridized carbons (Fsp3) is 0.571. The van der Waals surface area contributed by atoms with Crippen LogP contribution in [0.25, 0.3) is 0 Å². The Morgan fingerprint density at radius 1 is 1.18 bits per heavy atom. The molecule has 1 unspecified atom stereocenters. The van der Waals surface area contributed by atoms with Gasteiger partial charge in [-0.25, -0.2) is 0 Å². The van der Waals surface area contributed by atoms with Crippen LogP contribution in [0.3, 0.4) is 0 Å². The van der Waals surface area contributed by atoms with Gasteiger partial charge in [0.2, 0.25) is 11.8 Å². The van der Waals surface area contributed by atoms with Crippen LogP contribution in [0.1, 0.15) is 60.5 Å². The highest BCUT2D eigenvalue weighted by Gasteiger charge is 2.40. The van der Waals surface area contributed by atoms with Gasteiger partial charge in [0, 0.05) is 43.7 Å². The molecule has 3 aliphatic rings. The van der Waals surface area contributed by atoms with E-state index in [1.165, 1.54) is 6.42 Å². The van der Waals surface area contributed by atoms with Crippen LogP contribution in [0.15, 0.2) is 18.2 Å². The lowest BCUT2D eigenvalue weighted by molar-refractivity contribution is -0.136. The van der Waals surface area contributed by atoms with E-state index in [0.717, 1.165) is 30.5 Å². The van der Waals surface area contributed by atoms with Crippen LogP contribution in [-0.2, 0) is 22.7 Å². The number of hydrogen-bond acceptors (Lipinski definition) is 5. The molecule has 7 heteroatoms. The molecule has 150 valence electrons. The van der Waals surface area contributed by atoms with Crippen molar-refractivity contribution in [1.29, 1.82) is 0 Å². The highest BCUT2D eigenvalue weighted by atomic mass is 16.2. The molecule has 28 heavy (non-hydrogen) atoms. The van der Waals surface area contributed by atoms with Crippen molar-refractivity contribution >= 4 is 17.7 Å². The molecular formula is C21H28N4O3. The number of nitrogens with zero attached hydrogens (tertiary/aromatic N) is 2. The van der Waals surface area contributed by atoms with Crippen molar-refractivity contribution in [2.45, 2.75) is 70.2 Å². The molecule has 3 atom stereocenters. The second-order valence-corrected chi connectivity index (χ2v) is 8.18. The number of likely N-dealkylation sites (tertiary alicyclic amines) is 1. The third-order valence-electron chi connectivity index (χ3n) is 6.50. The topological polar surface area (TPSA) is 95.7 Å². The second kappa shape index (κ2) is 7.64. The molecule has 1 aromatic carbocycles. The molecule has 3 N–H and O–H groups in total. The van der Waals surface area contributed by atoms with Gasteiger partial charge in [0.05, 0.1) is 0 Å². The van der Waals surface area contributed by atoms with E-state index >= 15 is 0 Å². The summed E-state index contributed by atoms with van der Waals surface area (Å²) >= 11 is 0. The smallest absolute Gasteiger partial charge is 0.255 e. The maximum Gasteiger partial charge on any atom is 0.255 e. The summed E-state index contributed by atoms with van der Waals surface area (Å²) < 4.78 is 0. The third kappa shape index (κ3) is 3.33. The van der Waals surface area contributed by atoms with Crippen molar-refractivity contribution < 1.29 is 14.4 Å². The first-order valence-electron chi connectivity index (χ1n) is 10.2. The SMILES string of the molecule is C[C@@H]1CCC[C@H](CN)N1Cc1cccc2c1CN(C1CCC(=O)NC1=O)C2=O. The summed E-state index contributed by atoms with van der Waals surface area (Å²) in [5.74, 6) is -0.752. The number of benzene rings is 1. The van der Waals surface area contributed by atoms with Gasteiger partial charge in [-0.05, 0) is 43.4 Å². The molecule has 0 bridgehead atoms. The summed E-state index contributed by atoms with van der Waals surface area (Å²) in [6.07, 6.45) is 4.13. The Bertz CT molecular complexity index is 809. The second-order valence-electron chi connectivity index (χ2n) is 8.18. The van der Waals surface area contributed by atoms with Gasteiger partial charge >= 0.3 is 0 Å². The van der Waals surface area contributed by atoms with Crippen LogP contribution in [0, 0.1) is 0 Å². The molecule has 3 heterocycles. The molecular weight excluding hydrogens is 356 g/mol. The van der Waals surface area contributed by atoms with Gasteiger partial charge in [-0.3, -0.25) is 24.6 Å². The molecule has 2 saturated heterocycles. The summed E-state index contributed by atoms with van der Waals surface area (Å²) in [7, 11) is 0. The Morgan fingerprint density at radius 2 is 2.00 bits per heavy atom. The van der Waals surface area contributed by atoms with Gasteiger partial charge in [0.15, 0.2) is 0 Å². The molecule has 3 amide bonds. The van der Waals surface area contributed by atoms with E-state index in [2.05, 4.69) is 23.2 Å². The Kier molecular flexibility index (Phi) is 5.21. The molecule has 0 aromatic heterocycles. The van der Waals surface area contributed by atoms with E-state index in [0.29, 0.717) is 37.2 Å². The standard InChI is InChI=1S/C21H28N4O3/c1-13-4-2-6-15(10-22)24(13)11-14-5-3-7-16-17(14)12-25(21(16)28)18-8-9-19(26)23-20(18)27/h3,5,7,13,15,18H,2,4,6,8-12,22H2,1H3,(H,23,26,27)/t13-,15-,18?/m1/s1. The van der Waals surface area contributed by atoms with Crippen molar-refractivity contribution in [1.82, 2.24) is 15.1 Å². The Morgan fingerprint density at radius 3 is 2.75 bits per heavy atom. The lowest BCUT2D eigenvalue weighted by atomic mass is 9.94. The normalized spacial score (nSPS) is 28.4. The van der Waals surface area contributed by atoms with Crippen LogP contribution < -0.4 is 11.1 Å². The highest BCUT2D eigenvalue weighted by molar-refractivity contribution is 6.05. The number of amides is 3. The lowest BCUT2D eigenvalue weighted by Gasteiger charge is -2.40. The molecule has 0 saturated carbocycles. The van der Waals surface area contributed by atoms with Crippen LogP contribution >= 0.6 is 0 Å². The van der Waals surface area contributed by atoms with Gasteiger partial charge in [-0.15, -0.1) is 0 Å². The van der Waals surface area contributed by atoms with Crippen molar-refractivity contribution in [3.05, 3.63) is 34.9 Å². The quantitative estimate of drug-likeness (QED) is 0.759. The summed E-state index contributed by atoms with van der Waals surface area (Å²) in [5.41, 5.74) is 8.83. The molecule has 3 aliphatic heterocycles. The van der Waals surface area contributed by atoms with Gasteiger partial charge in [-0.1, -0.05) is 18.6 Å². The summed E-state index contributed by atoms with van der Waals surface area (Å²) in [4.78, 5) is 40.8. The zero-order chi connectivity index (χ0) is 19.8. The van der Waals surface area contributed by atoms with Gasteiger partial charge in [0.1, 0.15) is 6.04 Å². The van der Waals surface area contributed by atoms with E-state index in [9.17, 15) is 14.4 Å². The number of piperidine rings is 2. The number of nitrogens with one attached hydrogen (secondary N) is 1. The Hall–Kier alpha value is -2.25. The van der Waals surface area contributed by atoms with Gasteiger partial charge < -0.3 is 10.6 Å². The molecule has 0 spiro atoms. The van der Waals surface area contributed by atoms with E-state index < -0.39 is 6.04 Å². The molecule has 0 aliphatic carbocycles. The predicted molar refractivity (Wildman–Crippen MR) is 104 cm³/mol. The van der Waals surface area contributed by atoms with E-state index in [-0.39, 0.29) is 24.1 Å². The number of carbonyl (C=O) groups is 3. The fourth-order valence-corrected chi connectivity index (χ4v) is 4.87. The number of hydrogen-bond donors (Lipinski definition) is 2. The third-order valence-corrected chi connectivity index (χ3v) is 6.50. The van der Waals surface area contributed by atoms with E-state index in [1.54, 1.807) is 4.90 Å². The maximum atomic E-state index is 13.0. The average molecular weight is 384 g/mol. The van der Waals surface area contributed by atoms with Crippen LogP contribution in [0.2, 0.25) is 0 Å². The molecule has 1 aromatic rings. The molecule has 7 nitrogen and oxygen atoms in total. The van der Waals surface area contributed by atoms with E-state index in [4.69, 9.17) is 5.73 Å². The predicted octanol–water partition coefficient (Wildman–Crippen LogP) is 1.15. The minimum Gasteiger partial charge on any atom is -0.329 e. The average Bonchev–Trinajstić information content (AvgIpc) is 3.01. The molecule has 2 fully saturated rings. The largest absolute Gasteiger partial charge is 0.329 e. The molecule has 4 rings (SSSR count). The van der Waals surface area contributed by atoms with Gasteiger partial charge in [0.25, 0.3) is 5.91 Å². The van der Waals surface area contributed by atoms with Crippen LogP contribution in [-0.4, -0.2) is 52.2 Å². The molecule has 0 radical (unpaired) electrons. The van der Waals surface area contributed by atoms with Crippen molar-refractivity contribution in [3.63, 3.8) is 0 Å². The number of nitrogens with two attached hydrogens (primary N) is 1. The minimum atomic E-state index is -0.573. The van der Waals surface area contributed by atoms with Crippen molar-refractivity contribution in [2.75, 3.05) is 6.54 Å². The van der Waals surface area contributed by atoms with Crippen molar-refractivity contribution in [2.24, 2.45) is 5.73 Å². The first-order chi connectivity index (χ1) is 13.5. The number of rotatable bonds is 4. The zero-order valence-corrected chi connectivity index (χ0v) is 16.3. The maximum absolute atomic E-state index is 13.0. The number of imide groups is 1. The Balaban J connectivity index is 1.58. The highest BCUT2D eigenvalue weighted by Crippen LogP contribution is 2.32. The fourth-order valence-electron chi connectivity index (χ4n) is 4.87. The monoisotopic (exact) mass is 384 g/mol. The van der Waals surface area contributed by atoms with Gasteiger partial charge in [-0.2, -0.15) is 0 Å². The first kappa shape index (κ1) is 19.1. The number of carbonyl (C=O) groups excluding carboxylic acids is 3. The number of fused-ring (bicyclic) bond motifs is 1. The van der Waals surface area contributed by atoms with E-state index in [1.807, 2.05) is 12.1 Å². The zero-order valence-electron chi connectivity index (χ0n) is 16.3. The summed E-state index contributed by atoms with van der Waals surface area (Å²) in [6, 6.07) is 6.09. The van der Waals surface area contributed by atoms with Crippen LogP contribution in [0.4, 0.5) is 0 Å². The Labute approximate surface area is 165 Å². The minimum absolute atomic E-state index is 0.117. The summed E-state index contributed by atoms with van der Waals surface area (Å²) in [6.45, 7) is 4.07.